The molecule has 1 aliphatic rings. The second-order valence-electron chi connectivity index (χ2n) is 3.83. The summed E-state index contributed by atoms with van der Waals surface area (Å²) in [6, 6.07) is 1.41. The minimum atomic E-state index is -2.88. The Labute approximate surface area is 97.6 Å². The van der Waals surface area contributed by atoms with E-state index in [9.17, 15) is 13.2 Å². The fourth-order valence-corrected chi connectivity index (χ4v) is 5.11. The number of aryl methyl sites for hydroxylation is 1. The molecule has 1 aromatic heterocycles. The number of hydrogen-bond acceptors (Lipinski definition) is 5. The van der Waals surface area contributed by atoms with Gasteiger partial charge < -0.3 is 4.98 Å². The predicted octanol–water partition coefficient (Wildman–Crippen LogP) is 0.358. The van der Waals surface area contributed by atoms with Crippen molar-refractivity contribution in [3.63, 3.8) is 0 Å². The van der Waals surface area contributed by atoms with Gasteiger partial charge in [0, 0.05) is 17.0 Å². The number of aromatic amines is 1. The summed E-state index contributed by atoms with van der Waals surface area (Å²) in [6.07, 6.45) is 0.630. The number of rotatable bonds is 2. The molecular weight excluding hydrogens is 248 g/mol. The first-order valence-electron chi connectivity index (χ1n) is 4.90. The molecule has 0 aromatic carbocycles. The maximum absolute atomic E-state index is 11.3. The highest BCUT2D eigenvalue weighted by atomic mass is 32.2. The first-order chi connectivity index (χ1) is 7.44. The lowest BCUT2D eigenvalue weighted by atomic mass is 10.4. The lowest BCUT2D eigenvalue weighted by Gasteiger charge is -2.06. The van der Waals surface area contributed by atoms with E-state index in [4.69, 9.17) is 0 Å². The summed E-state index contributed by atoms with van der Waals surface area (Å²) in [5, 5.41) is 0.516. The number of H-pyrrole nitrogens is 1. The van der Waals surface area contributed by atoms with Gasteiger partial charge in [-0.15, -0.1) is 0 Å². The van der Waals surface area contributed by atoms with Gasteiger partial charge in [-0.05, 0) is 13.3 Å². The average Bonchev–Trinajstić information content (AvgIpc) is 2.43. The van der Waals surface area contributed by atoms with Crippen LogP contribution in [0.1, 0.15) is 12.1 Å². The van der Waals surface area contributed by atoms with Crippen molar-refractivity contribution in [1.82, 2.24) is 9.97 Å². The Bertz CT molecular complexity index is 550. The Balaban J connectivity index is 2.13. The molecule has 5 nitrogen and oxygen atoms in total. The number of thioether (sulfide) groups is 1. The van der Waals surface area contributed by atoms with Crippen molar-refractivity contribution >= 4 is 21.6 Å². The molecule has 0 radical (unpaired) electrons. The van der Waals surface area contributed by atoms with Crippen molar-refractivity contribution in [2.75, 3.05) is 11.5 Å². The highest BCUT2D eigenvalue weighted by Crippen LogP contribution is 2.28. The molecule has 0 spiro atoms. The Kier molecular flexibility index (Phi) is 3.07. The molecular formula is C9H12N2O3S2. The van der Waals surface area contributed by atoms with E-state index >= 15 is 0 Å². The summed E-state index contributed by atoms with van der Waals surface area (Å²) in [5.74, 6) is 0.413. The standard InChI is InChI=1S/C9H12N2O3S2/c1-6-4-8(12)11-9(10-6)15-7-2-3-16(13,14)5-7/h4,7H,2-3,5H2,1H3,(H,10,11,12)/t7-/m1/s1. The van der Waals surface area contributed by atoms with Gasteiger partial charge in [0.05, 0.1) is 11.5 Å². The van der Waals surface area contributed by atoms with Crippen LogP contribution in [0.25, 0.3) is 0 Å². The average molecular weight is 260 g/mol. The van der Waals surface area contributed by atoms with E-state index < -0.39 is 9.84 Å². The van der Waals surface area contributed by atoms with Crippen molar-refractivity contribution in [1.29, 1.82) is 0 Å². The van der Waals surface area contributed by atoms with Gasteiger partial charge in [-0.1, -0.05) is 11.8 Å². The first kappa shape index (κ1) is 11.7. The smallest absolute Gasteiger partial charge is 0.251 e. The zero-order valence-corrected chi connectivity index (χ0v) is 10.4. The fourth-order valence-electron chi connectivity index (χ4n) is 1.62. The molecule has 1 atom stereocenters. The van der Waals surface area contributed by atoms with Crippen molar-refractivity contribution in [3.05, 3.63) is 22.1 Å². The van der Waals surface area contributed by atoms with Crippen LogP contribution in [-0.4, -0.2) is 35.1 Å². The molecule has 0 aliphatic carbocycles. The number of nitrogens with one attached hydrogen (secondary N) is 1. The van der Waals surface area contributed by atoms with E-state index in [-0.39, 0.29) is 22.3 Å². The van der Waals surface area contributed by atoms with Crippen LogP contribution in [0, 0.1) is 6.92 Å². The second kappa shape index (κ2) is 4.21. The molecule has 1 aromatic rings. The second-order valence-corrected chi connectivity index (χ2v) is 7.35. The van der Waals surface area contributed by atoms with Gasteiger partial charge in [-0.3, -0.25) is 4.79 Å². The van der Waals surface area contributed by atoms with Gasteiger partial charge in [-0.25, -0.2) is 13.4 Å². The summed E-state index contributed by atoms with van der Waals surface area (Å²) in [7, 11) is -2.88. The minimum Gasteiger partial charge on any atom is -0.301 e. The Morgan fingerprint density at radius 2 is 2.31 bits per heavy atom. The zero-order valence-electron chi connectivity index (χ0n) is 8.76. The van der Waals surface area contributed by atoms with Crippen LogP contribution in [0.15, 0.2) is 16.0 Å². The zero-order chi connectivity index (χ0) is 11.8. The van der Waals surface area contributed by atoms with Crippen LogP contribution in [0.4, 0.5) is 0 Å². The predicted molar refractivity (Wildman–Crippen MR) is 62.5 cm³/mol. The van der Waals surface area contributed by atoms with Gasteiger partial charge in [-0.2, -0.15) is 0 Å². The third-order valence-corrected chi connectivity index (χ3v) is 5.45. The van der Waals surface area contributed by atoms with E-state index in [2.05, 4.69) is 9.97 Å². The van der Waals surface area contributed by atoms with E-state index in [0.29, 0.717) is 17.3 Å². The van der Waals surface area contributed by atoms with Crippen molar-refractivity contribution in [3.8, 4) is 0 Å². The van der Waals surface area contributed by atoms with Gasteiger partial charge in [0.15, 0.2) is 15.0 Å². The molecule has 16 heavy (non-hydrogen) atoms. The molecule has 1 aliphatic heterocycles. The monoisotopic (exact) mass is 260 g/mol. The van der Waals surface area contributed by atoms with Gasteiger partial charge in [0.2, 0.25) is 0 Å². The Morgan fingerprint density at radius 1 is 1.56 bits per heavy atom. The van der Waals surface area contributed by atoms with Crippen LogP contribution in [0.5, 0.6) is 0 Å². The normalized spacial score (nSPS) is 23.4. The molecule has 0 unspecified atom stereocenters. The van der Waals surface area contributed by atoms with Crippen molar-refractivity contribution < 1.29 is 8.42 Å². The summed E-state index contributed by atoms with van der Waals surface area (Å²) in [6.45, 7) is 1.74. The maximum atomic E-state index is 11.3. The van der Waals surface area contributed by atoms with E-state index in [1.165, 1.54) is 17.8 Å². The van der Waals surface area contributed by atoms with Crippen molar-refractivity contribution in [2.24, 2.45) is 0 Å². The summed E-state index contributed by atoms with van der Waals surface area (Å²) in [5.41, 5.74) is 0.447. The van der Waals surface area contributed by atoms with E-state index in [1.807, 2.05) is 0 Å². The quantitative estimate of drug-likeness (QED) is 0.776. The van der Waals surface area contributed by atoms with Gasteiger partial charge in [0.25, 0.3) is 5.56 Å². The van der Waals surface area contributed by atoms with E-state index in [0.717, 1.165) is 0 Å². The van der Waals surface area contributed by atoms with Crippen LogP contribution in [-0.2, 0) is 9.84 Å². The summed E-state index contributed by atoms with van der Waals surface area (Å²) in [4.78, 5) is 17.9. The first-order valence-corrected chi connectivity index (χ1v) is 7.60. The molecule has 0 amide bonds. The third kappa shape index (κ3) is 2.85. The lowest BCUT2D eigenvalue weighted by Crippen LogP contribution is -2.11. The van der Waals surface area contributed by atoms with Crippen molar-refractivity contribution in [2.45, 2.75) is 23.8 Å². The number of hydrogen-bond donors (Lipinski definition) is 1. The molecule has 7 heteroatoms. The molecule has 2 heterocycles. The SMILES string of the molecule is Cc1cc(=O)[nH]c(S[C@@H]2CCS(=O)(=O)C2)n1. The minimum absolute atomic E-state index is 0.00921. The van der Waals surface area contributed by atoms with Crippen LogP contribution < -0.4 is 5.56 Å². The maximum Gasteiger partial charge on any atom is 0.251 e. The molecule has 2 rings (SSSR count). The molecule has 0 bridgehead atoms. The molecule has 1 saturated heterocycles. The largest absolute Gasteiger partial charge is 0.301 e. The topological polar surface area (TPSA) is 79.9 Å². The van der Waals surface area contributed by atoms with Gasteiger partial charge >= 0.3 is 0 Å². The lowest BCUT2D eigenvalue weighted by molar-refractivity contribution is 0.602. The van der Waals surface area contributed by atoms with Crippen LogP contribution in [0.2, 0.25) is 0 Å². The summed E-state index contributed by atoms with van der Waals surface area (Å²) >= 11 is 1.34. The molecule has 88 valence electrons. The summed E-state index contributed by atoms with van der Waals surface area (Å²) < 4.78 is 22.5. The van der Waals surface area contributed by atoms with E-state index in [1.54, 1.807) is 6.92 Å². The van der Waals surface area contributed by atoms with Crippen LogP contribution in [0.3, 0.4) is 0 Å². The number of sulfone groups is 1. The van der Waals surface area contributed by atoms with Crippen LogP contribution >= 0.6 is 11.8 Å². The molecule has 1 N–H and O–H groups in total. The Hall–Kier alpha value is -0.820. The third-order valence-electron chi connectivity index (χ3n) is 2.32. The number of aromatic nitrogens is 2. The Morgan fingerprint density at radius 3 is 2.88 bits per heavy atom. The molecule has 0 saturated carbocycles. The van der Waals surface area contributed by atoms with Gasteiger partial charge in [0.1, 0.15) is 0 Å². The highest BCUT2D eigenvalue weighted by Gasteiger charge is 2.29. The molecule has 1 fully saturated rings. The fraction of sp³-hybridized carbons (Fsp3) is 0.556. The highest BCUT2D eigenvalue weighted by molar-refractivity contribution is 8.01. The number of nitrogens with zero attached hydrogens (tertiary/aromatic N) is 1.